The summed E-state index contributed by atoms with van der Waals surface area (Å²) < 4.78 is 2.00. The molecule has 1 aromatic heterocycles. The maximum absolute atomic E-state index is 12.5. The van der Waals surface area contributed by atoms with E-state index in [0.717, 1.165) is 43.0 Å². The van der Waals surface area contributed by atoms with Crippen LogP contribution in [0.1, 0.15) is 63.8 Å². The van der Waals surface area contributed by atoms with Gasteiger partial charge in [-0.1, -0.05) is 44.2 Å². The molecule has 0 radical (unpaired) electrons. The highest BCUT2D eigenvalue weighted by atomic mass is 16.1. The molecule has 4 heteroatoms. The van der Waals surface area contributed by atoms with Crippen molar-refractivity contribution in [3.63, 3.8) is 0 Å². The van der Waals surface area contributed by atoms with E-state index < -0.39 is 0 Å². The minimum absolute atomic E-state index is 0.0445. The Balaban J connectivity index is 1.49. The second kappa shape index (κ2) is 7.69. The SMILES string of the molecule is O=c1cnc2ccccc2n1C1CCN(C2CCCCCCC2)CC1. The van der Waals surface area contributed by atoms with Crippen LogP contribution in [0, 0.1) is 0 Å². The second-order valence-corrected chi connectivity index (χ2v) is 7.72. The number of rotatable bonds is 2. The Morgan fingerprint density at radius 3 is 2.28 bits per heavy atom. The Kier molecular flexibility index (Phi) is 5.16. The molecular formula is C21H29N3O. The van der Waals surface area contributed by atoms with E-state index in [9.17, 15) is 4.79 Å². The van der Waals surface area contributed by atoms with Gasteiger partial charge in [-0.25, -0.2) is 4.98 Å². The number of likely N-dealkylation sites (tertiary alicyclic amines) is 1. The Bertz CT molecular complexity index is 753. The van der Waals surface area contributed by atoms with Gasteiger partial charge in [-0.3, -0.25) is 4.79 Å². The molecular weight excluding hydrogens is 310 g/mol. The van der Waals surface area contributed by atoms with Crippen LogP contribution in [-0.2, 0) is 0 Å². The van der Waals surface area contributed by atoms with E-state index in [4.69, 9.17) is 0 Å². The van der Waals surface area contributed by atoms with E-state index in [2.05, 4.69) is 9.88 Å². The average molecular weight is 339 g/mol. The standard InChI is InChI=1S/C21H29N3O/c25-21-16-22-19-10-6-7-11-20(19)24(21)18-12-14-23(15-13-18)17-8-4-2-1-3-5-9-17/h6-7,10-11,16-18H,1-5,8-9,12-15H2. The van der Waals surface area contributed by atoms with Crippen molar-refractivity contribution in [2.75, 3.05) is 13.1 Å². The minimum Gasteiger partial charge on any atom is -0.302 e. The first kappa shape index (κ1) is 16.8. The maximum Gasteiger partial charge on any atom is 0.269 e. The van der Waals surface area contributed by atoms with Crippen LogP contribution in [0.3, 0.4) is 0 Å². The van der Waals surface area contributed by atoms with Crippen LogP contribution in [0.5, 0.6) is 0 Å². The lowest BCUT2D eigenvalue weighted by atomic mass is 9.93. The molecule has 2 aliphatic rings. The number of para-hydroxylation sites is 2. The number of nitrogens with zero attached hydrogens (tertiary/aromatic N) is 3. The predicted octanol–water partition coefficient (Wildman–Crippen LogP) is 4.15. The topological polar surface area (TPSA) is 38.1 Å². The van der Waals surface area contributed by atoms with Crippen LogP contribution in [-0.4, -0.2) is 33.6 Å². The molecule has 1 aliphatic carbocycles. The van der Waals surface area contributed by atoms with E-state index in [1.807, 2.05) is 28.8 Å². The lowest BCUT2D eigenvalue weighted by molar-refractivity contribution is 0.116. The lowest BCUT2D eigenvalue weighted by Gasteiger charge is -2.39. The number of hydrogen-bond acceptors (Lipinski definition) is 3. The normalized spacial score (nSPS) is 21.9. The molecule has 0 spiro atoms. The van der Waals surface area contributed by atoms with E-state index in [0.29, 0.717) is 6.04 Å². The molecule has 4 rings (SSSR count). The first-order valence-corrected chi connectivity index (χ1v) is 10.0. The maximum atomic E-state index is 12.5. The summed E-state index contributed by atoms with van der Waals surface area (Å²) in [4.78, 5) is 19.5. The van der Waals surface area contributed by atoms with Crippen LogP contribution in [0.4, 0.5) is 0 Å². The molecule has 4 nitrogen and oxygen atoms in total. The molecule has 2 fully saturated rings. The van der Waals surface area contributed by atoms with Crippen LogP contribution >= 0.6 is 0 Å². The average Bonchev–Trinajstić information content (AvgIpc) is 2.62. The van der Waals surface area contributed by atoms with Crippen LogP contribution in [0.15, 0.2) is 35.3 Å². The summed E-state index contributed by atoms with van der Waals surface area (Å²) in [7, 11) is 0. The highest BCUT2D eigenvalue weighted by Crippen LogP contribution is 2.29. The lowest BCUT2D eigenvalue weighted by Crippen LogP contribution is -2.43. The van der Waals surface area contributed by atoms with Crippen LogP contribution < -0.4 is 5.56 Å². The van der Waals surface area contributed by atoms with Crippen molar-refractivity contribution in [2.45, 2.75) is 69.9 Å². The monoisotopic (exact) mass is 339 g/mol. The zero-order valence-corrected chi connectivity index (χ0v) is 15.1. The summed E-state index contributed by atoms with van der Waals surface area (Å²) in [5.41, 5.74) is 1.95. The molecule has 134 valence electrons. The minimum atomic E-state index is 0.0445. The van der Waals surface area contributed by atoms with Gasteiger partial charge in [-0.05, 0) is 37.8 Å². The summed E-state index contributed by atoms with van der Waals surface area (Å²) >= 11 is 0. The van der Waals surface area contributed by atoms with Crippen molar-refractivity contribution in [3.8, 4) is 0 Å². The Hall–Kier alpha value is -1.68. The third-order valence-electron chi connectivity index (χ3n) is 6.15. The molecule has 2 heterocycles. The third kappa shape index (κ3) is 3.64. The highest BCUT2D eigenvalue weighted by Gasteiger charge is 2.27. The smallest absolute Gasteiger partial charge is 0.269 e. The fraction of sp³-hybridized carbons (Fsp3) is 0.619. The number of benzene rings is 1. The molecule has 2 aromatic rings. The first-order valence-electron chi connectivity index (χ1n) is 10.0. The predicted molar refractivity (Wildman–Crippen MR) is 102 cm³/mol. The summed E-state index contributed by atoms with van der Waals surface area (Å²) in [6.45, 7) is 2.25. The van der Waals surface area contributed by atoms with Gasteiger partial charge in [0.2, 0.25) is 0 Å². The van der Waals surface area contributed by atoms with Gasteiger partial charge >= 0.3 is 0 Å². The highest BCUT2D eigenvalue weighted by molar-refractivity contribution is 5.74. The van der Waals surface area contributed by atoms with Gasteiger partial charge in [-0.15, -0.1) is 0 Å². The van der Waals surface area contributed by atoms with Gasteiger partial charge in [0.15, 0.2) is 0 Å². The quantitative estimate of drug-likeness (QED) is 0.825. The fourth-order valence-electron chi connectivity index (χ4n) is 4.77. The first-order chi connectivity index (χ1) is 12.3. The van der Waals surface area contributed by atoms with Gasteiger partial charge in [0.25, 0.3) is 5.56 Å². The van der Waals surface area contributed by atoms with Crippen LogP contribution in [0.2, 0.25) is 0 Å². The summed E-state index contributed by atoms with van der Waals surface area (Å²) in [6, 6.07) is 9.10. The van der Waals surface area contributed by atoms with E-state index in [1.165, 1.54) is 51.1 Å². The molecule has 25 heavy (non-hydrogen) atoms. The van der Waals surface area contributed by atoms with Gasteiger partial charge in [-0.2, -0.15) is 0 Å². The van der Waals surface area contributed by atoms with E-state index in [-0.39, 0.29) is 5.56 Å². The third-order valence-corrected chi connectivity index (χ3v) is 6.15. The van der Waals surface area contributed by atoms with Crippen molar-refractivity contribution >= 4 is 11.0 Å². The molecule has 0 amide bonds. The molecule has 0 unspecified atom stereocenters. The van der Waals surface area contributed by atoms with Crippen molar-refractivity contribution in [2.24, 2.45) is 0 Å². The second-order valence-electron chi connectivity index (χ2n) is 7.72. The van der Waals surface area contributed by atoms with Crippen molar-refractivity contribution < 1.29 is 0 Å². The molecule has 0 bridgehead atoms. The molecule has 1 aliphatic heterocycles. The summed E-state index contributed by atoms with van der Waals surface area (Å²) in [5.74, 6) is 0. The Morgan fingerprint density at radius 1 is 0.840 bits per heavy atom. The van der Waals surface area contributed by atoms with Crippen LogP contribution in [0.25, 0.3) is 11.0 Å². The van der Waals surface area contributed by atoms with Gasteiger partial charge in [0, 0.05) is 25.2 Å². The van der Waals surface area contributed by atoms with Crippen molar-refractivity contribution in [1.29, 1.82) is 0 Å². The van der Waals surface area contributed by atoms with Gasteiger partial charge < -0.3 is 9.47 Å². The van der Waals surface area contributed by atoms with Crippen molar-refractivity contribution in [1.82, 2.24) is 14.5 Å². The fourth-order valence-corrected chi connectivity index (χ4v) is 4.77. The molecule has 0 N–H and O–H groups in total. The Labute approximate surface area is 149 Å². The summed E-state index contributed by atoms with van der Waals surface area (Å²) in [5, 5.41) is 0. The number of piperidine rings is 1. The van der Waals surface area contributed by atoms with Gasteiger partial charge in [0.1, 0.15) is 0 Å². The number of fused-ring (bicyclic) bond motifs is 1. The van der Waals surface area contributed by atoms with Gasteiger partial charge in [0.05, 0.1) is 17.2 Å². The van der Waals surface area contributed by atoms with E-state index >= 15 is 0 Å². The Morgan fingerprint density at radius 2 is 1.52 bits per heavy atom. The number of hydrogen-bond donors (Lipinski definition) is 0. The zero-order chi connectivity index (χ0) is 17.1. The largest absolute Gasteiger partial charge is 0.302 e. The molecule has 0 atom stereocenters. The summed E-state index contributed by atoms with van der Waals surface area (Å²) in [6.07, 6.45) is 13.4. The molecule has 1 saturated carbocycles. The number of aromatic nitrogens is 2. The van der Waals surface area contributed by atoms with Crippen molar-refractivity contribution in [3.05, 3.63) is 40.8 Å². The molecule has 1 aromatic carbocycles. The van der Waals surface area contributed by atoms with E-state index in [1.54, 1.807) is 0 Å². The molecule has 1 saturated heterocycles. The zero-order valence-electron chi connectivity index (χ0n) is 15.1.